The van der Waals surface area contributed by atoms with Crippen LogP contribution in [0.4, 0.5) is 17.6 Å². The normalized spacial score (nSPS) is 11.2. The van der Waals surface area contributed by atoms with Gasteiger partial charge < -0.3 is 10.5 Å². The van der Waals surface area contributed by atoms with Gasteiger partial charge in [-0.3, -0.25) is 4.79 Å². The van der Waals surface area contributed by atoms with E-state index in [1.165, 1.54) is 0 Å². The van der Waals surface area contributed by atoms with Gasteiger partial charge in [0, 0.05) is 5.56 Å². The molecule has 0 aliphatic heterocycles. The SMILES string of the molecule is NC(=O)c1ccc(F)c(OC(F)(F)F)c1. The van der Waals surface area contributed by atoms with Gasteiger partial charge in [-0.05, 0) is 18.2 Å². The van der Waals surface area contributed by atoms with Gasteiger partial charge in [0.05, 0.1) is 0 Å². The molecule has 0 heterocycles. The van der Waals surface area contributed by atoms with Crippen LogP contribution in [0.5, 0.6) is 5.75 Å². The van der Waals surface area contributed by atoms with Crippen LogP contribution in [0.25, 0.3) is 0 Å². The predicted octanol–water partition coefficient (Wildman–Crippen LogP) is 1.82. The molecule has 0 saturated carbocycles. The lowest BCUT2D eigenvalue weighted by atomic mass is 10.2. The number of benzene rings is 1. The Morgan fingerprint density at radius 3 is 2.40 bits per heavy atom. The molecule has 3 nitrogen and oxygen atoms in total. The van der Waals surface area contributed by atoms with E-state index in [2.05, 4.69) is 4.74 Å². The minimum Gasteiger partial charge on any atom is -0.403 e. The Bertz CT molecular complexity index is 389. The summed E-state index contributed by atoms with van der Waals surface area (Å²) in [7, 11) is 0. The first-order valence-corrected chi connectivity index (χ1v) is 3.65. The Morgan fingerprint density at radius 2 is 1.93 bits per heavy atom. The highest BCUT2D eigenvalue weighted by atomic mass is 19.4. The van der Waals surface area contributed by atoms with E-state index in [0.717, 1.165) is 6.07 Å². The third-order valence-electron chi connectivity index (χ3n) is 1.44. The second-order valence-electron chi connectivity index (χ2n) is 2.56. The van der Waals surface area contributed by atoms with Crippen LogP contribution in [0.2, 0.25) is 0 Å². The summed E-state index contributed by atoms with van der Waals surface area (Å²) in [5.74, 6) is -3.28. The highest BCUT2D eigenvalue weighted by Gasteiger charge is 2.32. The maximum absolute atomic E-state index is 12.8. The first-order chi connectivity index (χ1) is 6.79. The molecule has 0 unspecified atom stereocenters. The van der Waals surface area contributed by atoms with Gasteiger partial charge in [0.15, 0.2) is 11.6 Å². The number of ether oxygens (including phenoxy) is 1. The Kier molecular flexibility index (Phi) is 2.83. The largest absolute Gasteiger partial charge is 0.573 e. The smallest absolute Gasteiger partial charge is 0.403 e. The van der Waals surface area contributed by atoms with Crippen LogP contribution >= 0.6 is 0 Å². The van der Waals surface area contributed by atoms with Crippen molar-refractivity contribution in [3.8, 4) is 5.75 Å². The van der Waals surface area contributed by atoms with E-state index in [0.29, 0.717) is 12.1 Å². The summed E-state index contributed by atoms with van der Waals surface area (Å²) in [4.78, 5) is 10.6. The van der Waals surface area contributed by atoms with Crippen LogP contribution in [0.15, 0.2) is 18.2 Å². The summed E-state index contributed by atoms with van der Waals surface area (Å²) in [6, 6.07) is 2.22. The molecule has 0 aliphatic carbocycles. The summed E-state index contributed by atoms with van der Waals surface area (Å²) in [5, 5.41) is 0. The number of hydrogen-bond donors (Lipinski definition) is 1. The quantitative estimate of drug-likeness (QED) is 0.777. The fourth-order valence-corrected chi connectivity index (χ4v) is 0.860. The lowest BCUT2D eigenvalue weighted by Gasteiger charge is -2.09. The zero-order valence-electron chi connectivity index (χ0n) is 7.14. The van der Waals surface area contributed by atoms with E-state index < -0.39 is 23.8 Å². The van der Waals surface area contributed by atoms with E-state index in [1.807, 2.05) is 0 Å². The molecule has 0 atom stereocenters. The van der Waals surface area contributed by atoms with Crippen molar-refractivity contribution in [2.24, 2.45) is 5.73 Å². The summed E-state index contributed by atoms with van der Waals surface area (Å²) in [6.45, 7) is 0. The van der Waals surface area contributed by atoms with E-state index in [-0.39, 0.29) is 5.56 Å². The lowest BCUT2D eigenvalue weighted by Crippen LogP contribution is -2.19. The standard InChI is InChI=1S/C8H5F4NO2/c9-5-2-1-4(7(13)14)3-6(5)15-8(10,11)12/h1-3H,(H2,13,14). The van der Waals surface area contributed by atoms with E-state index in [9.17, 15) is 22.4 Å². The fourth-order valence-electron chi connectivity index (χ4n) is 0.860. The van der Waals surface area contributed by atoms with Gasteiger partial charge in [0.25, 0.3) is 0 Å². The molecule has 82 valence electrons. The topological polar surface area (TPSA) is 52.3 Å². The molecule has 0 radical (unpaired) electrons. The predicted molar refractivity (Wildman–Crippen MR) is 41.6 cm³/mol. The number of amides is 1. The van der Waals surface area contributed by atoms with Gasteiger partial charge in [-0.1, -0.05) is 0 Å². The van der Waals surface area contributed by atoms with Gasteiger partial charge in [-0.15, -0.1) is 13.2 Å². The summed E-state index contributed by atoms with van der Waals surface area (Å²) < 4.78 is 51.4. The second-order valence-corrected chi connectivity index (χ2v) is 2.56. The maximum atomic E-state index is 12.8. The highest BCUT2D eigenvalue weighted by Crippen LogP contribution is 2.26. The number of halogens is 4. The lowest BCUT2D eigenvalue weighted by molar-refractivity contribution is -0.275. The number of primary amides is 1. The monoisotopic (exact) mass is 223 g/mol. The minimum absolute atomic E-state index is 0.268. The number of rotatable bonds is 2. The molecule has 0 bridgehead atoms. The molecule has 0 fully saturated rings. The van der Waals surface area contributed by atoms with Crippen molar-refractivity contribution >= 4 is 5.91 Å². The highest BCUT2D eigenvalue weighted by molar-refractivity contribution is 5.93. The number of carbonyl (C=O) groups is 1. The van der Waals surface area contributed by atoms with Crippen molar-refractivity contribution in [1.29, 1.82) is 0 Å². The Balaban J connectivity index is 3.06. The van der Waals surface area contributed by atoms with Crippen LogP contribution in [0.3, 0.4) is 0 Å². The number of hydrogen-bond acceptors (Lipinski definition) is 2. The Labute approximate surface area is 81.4 Å². The number of alkyl halides is 3. The molecule has 1 rings (SSSR count). The van der Waals surface area contributed by atoms with Crippen molar-refractivity contribution in [3.63, 3.8) is 0 Å². The number of carbonyl (C=O) groups excluding carboxylic acids is 1. The van der Waals surface area contributed by atoms with Gasteiger partial charge in [0.2, 0.25) is 5.91 Å². The second kappa shape index (κ2) is 3.76. The molecule has 15 heavy (non-hydrogen) atoms. The molecule has 1 aromatic carbocycles. The first kappa shape index (κ1) is 11.3. The molecular formula is C8H5F4NO2. The average Bonchev–Trinajstić information content (AvgIpc) is 2.06. The molecule has 2 N–H and O–H groups in total. The molecule has 0 aromatic heterocycles. The third-order valence-corrected chi connectivity index (χ3v) is 1.44. The molecule has 1 aromatic rings. The minimum atomic E-state index is -5.02. The van der Waals surface area contributed by atoms with Crippen molar-refractivity contribution in [1.82, 2.24) is 0 Å². The van der Waals surface area contributed by atoms with Crippen molar-refractivity contribution in [2.45, 2.75) is 6.36 Å². The molecule has 0 aliphatic rings. The molecule has 7 heteroatoms. The van der Waals surface area contributed by atoms with Crippen LogP contribution < -0.4 is 10.5 Å². The fraction of sp³-hybridized carbons (Fsp3) is 0.125. The summed E-state index contributed by atoms with van der Waals surface area (Å²) >= 11 is 0. The van der Waals surface area contributed by atoms with Gasteiger partial charge in [-0.25, -0.2) is 4.39 Å². The van der Waals surface area contributed by atoms with Crippen LogP contribution in [0, 0.1) is 5.82 Å². The number of nitrogens with two attached hydrogens (primary N) is 1. The Hall–Kier alpha value is -1.79. The summed E-state index contributed by atoms with van der Waals surface area (Å²) in [5.41, 5.74) is 4.53. The van der Waals surface area contributed by atoms with Crippen LogP contribution in [-0.2, 0) is 0 Å². The molecule has 1 amide bonds. The zero-order valence-corrected chi connectivity index (χ0v) is 7.14. The van der Waals surface area contributed by atoms with Crippen molar-refractivity contribution in [3.05, 3.63) is 29.6 Å². The first-order valence-electron chi connectivity index (χ1n) is 3.65. The Morgan fingerprint density at radius 1 is 1.33 bits per heavy atom. The van der Waals surface area contributed by atoms with Crippen LogP contribution in [-0.4, -0.2) is 12.3 Å². The van der Waals surface area contributed by atoms with Gasteiger partial charge in [-0.2, -0.15) is 0 Å². The van der Waals surface area contributed by atoms with Crippen molar-refractivity contribution in [2.75, 3.05) is 0 Å². The molecular weight excluding hydrogens is 218 g/mol. The van der Waals surface area contributed by atoms with Crippen LogP contribution in [0.1, 0.15) is 10.4 Å². The maximum Gasteiger partial charge on any atom is 0.573 e. The van der Waals surface area contributed by atoms with Crippen molar-refractivity contribution < 1.29 is 27.1 Å². The van der Waals surface area contributed by atoms with E-state index >= 15 is 0 Å². The zero-order chi connectivity index (χ0) is 11.6. The average molecular weight is 223 g/mol. The molecule has 0 saturated heterocycles. The molecule has 0 spiro atoms. The van der Waals surface area contributed by atoms with Gasteiger partial charge in [0.1, 0.15) is 0 Å². The third kappa shape index (κ3) is 3.12. The summed E-state index contributed by atoms with van der Waals surface area (Å²) in [6.07, 6.45) is -5.02. The van der Waals surface area contributed by atoms with E-state index in [4.69, 9.17) is 5.73 Å². The van der Waals surface area contributed by atoms with Gasteiger partial charge >= 0.3 is 6.36 Å². The van der Waals surface area contributed by atoms with E-state index in [1.54, 1.807) is 0 Å².